The third-order valence-corrected chi connectivity index (χ3v) is 4.20. The van der Waals surface area contributed by atoms with Gasteiger partial charge in [0.15, 0.2) is 0 Å². The molecule has 3 amide bonds. The smallest absolute Gasteiger partial charge is 0.253 e. The first-order valence-corrected chi connectivity index (χ1v) is 9.72. The fraction of sp³-hybridized carbons (Fsp3) is 0.550. The summed E-state index contributed by atoms with van der Waals surface area (Å²) in [7, 11) is 0. The Kier molecular flexibility index (Phi) is 8.26. The van der Waals surface area contributed by atoms with E-state index in [-0.39, 0.29) is 36.9 Å². The predicted octanol–water partition coefficient (Wildman–Crippen LogP) is 1.76. The zero-order valence-corrected chi connectivity index (χ0v) is 16.2. The van der Waals surface area contributed by atoms with E-state index in [1.165, 1.54) is 0 Å². The SMILES string of the molecule is CCCNC(=O)CN(CCC)CC(=O)Nc1ccccc1C(=O)NC1CC1. The lowest BCUT2D eigenvalue weighted by atomic mass is 10.1. The van der Waals surface area contributed by atoms with Gasteiger partial charge < -0.3 is 16.0 Å². The van der Waals surface area contributed by atoms with E-state index < -0.39 is 0 Å². The summed E-state index contributed by atoms with van der Waals surface area (Å²) in [6, 6.07) is 7.24. The van der Waals surface area contributed by atoms with Crippen LogP contribution in [0.4, 0.5) is 5.69 Å². The molecule has 1 saturated carbocycles. The van der Waals surface area contributed by atoms with Gasteiger partial charge in [0.25, 0.3) is 5.91 Å². The molecule has 0 atom stereocenters. The van der Waals surface area contributed by atoms with Crippen LogP contribution < -0.4 is 16.0 Å². The molecule has 0 radical (unpaired) electrons. The second-order valence-electron chi connectivity index (χ2n) is 6.90. The Labute approximate surface area is 160 Å². The highest BCUT2D eigenvalue weighted by Crippen LogP contribution is 2.21. The average molecular weight is 374 g/mol. The topological polar surface area (TPSA) is 90.5 Å². The summed E-state index contributed by atoms with van der Waals surface area (Å²) in [4.78, 5) is 38.6. The number of carbonyl (C=O) groups excluding carboxylic acids is 3. The molecule has 27 heavy (non-hydrogen) atoms. The van der Waals surface area contributed by atoms with Gasteiger partial charge in [0.2, 0.25) is 11.8 Å². The van der Waals surface area contributed by atoms with Crippen molar-refractivity contribution in [3.63, 3.8) is 0 Å². The van der Waals surface area contributed by atoms with Gasteiger partial charge in [-0.25, -0.2) is 0 Å². The molecule has 0 spiro atoms. The molecule has 0 saturated heterocycles. The Bertz CT molecular complexity index is 658. The highest BCUT2D eigenvalue weighted by Gasteiger charge is 2.25. The highest BCUT2D eigenvalue weighted by atomic mass is 16.2. The van der Waals surface area contributed by atoms with E-state index in [2.05, 4.69) is 16.0 Å². The first kappa shape index (κ1) is 20.9. The molecule has 1 aliphatic carbocycles. The van der Waals surface area contributed by atoms with E-state index in [4.69, 9.17) is 0 Å². The van der Waals surface area contributed by atoms with E-state index >= 15 is 0 Å². The first-order valence-electron chi connectivity index (χ1n) is 9.72. The molecule has 3 N–H and O–H groups in total. The number of amides is 3. The van der Waals surface area contributed by atoms with Crippen molar-refractivity contribution in [2.45, 2.75) is 45.6 Å². The summed E-state index contributed by atoms with van der Waals surface area (Å²) in [5.41, 5.74) is 0.952. The van der Waals surface area contributed by atoms with Crippen LogP contribution in [0.3, 0.4) is 0 Å². The monoisotopic (exact) mass is 374 g/mol. The summed E-state index contributed by atoms with van der Waals surface area (Å²) in [6.45, 7) is 5.57. The number of rotatable bonds is 11. The van der Waals surface area contributed by atoms with Gasteiger partial charge in [0, 0.05) is 12.6 Å². The van der Waals surface area contributed by atoms with Crippen molar-refractivity contribution in [2.75, 3.05) is 31.5 Å². The number of carbonyl (C=O) groups is 3. The van der Waals surface area contributed by atoms with Crippen LogP contribution in [0.1, 0.15) is 49.9 Å². The van der Waals surface area contributed by atoms with Crippen LogP contribution in [0, 0.1) is 0 Å². The van der Waals surface area contributed by atoms with Gasteiger partial charge >= 0.3 is 0 Å². The maximum absolute atomic E-state index is 12.5. The maximum atomic E-state index is 12.5. The van der Waals surface area contributed by atoms with Crippen molar-refractivity contribution in [2.24, 2.45) is 0 Å². The number of nitrogens with zero attached hydrogens (tertiary/aromatic N) is 1. The molecular formula is C20H30N4O3. The van der Waals surface area contributed by atoms with Crippen LogP contribution in [0.5, 0.6) is 0 Å². The van der Waals surface area contributed by atoms with Gasteiger partial charge in [-0.1, -0.05) is 26.0 Å². The Hall–Kier alpha value is -2.41. The second kappa shape index (κ2) is 10.7. The van der Waals surface area contributed by atoms with Gasteiger partial charge in [-0.05, 0) is 44.4 Å². The number of hydrogen-bond acceptors (Lipinski definition) is 4. The Morgan fingerprint density at radius 2 is 1.74 bits per heavy atom. The molecule has 0 aliphatic heterocycles. The number of benzene rings is 1. The molecule has 148 valence electrons. The molecule has 0 heterocycles. The molecule has 1 aromatic rings. The molecule has 7 nitrogen and oxygen atoms in total. The van der Waals surface area contributed by atoms with E-state index in [9.17, 15) is 14.4 Å². The molecule has 1 fully saturated rings. The quantitative estimate of drug-likeness (QED) is 0.550. The fourth-order valence-corrected chi connectivity index (χ4v) is 2.73. The van der Waals surface area contributed by atoms with E-state index in [0.717, 1.165) is 25.7 Å². The summed E-state index contributed by atoms with van der Waals surface area (Å²) < 4.78 is 0. The van der Waals surface area contributed by atoms with Crippen LogP contribution in [0.25, 0.3) is 0 Å². The van der Waals surface area contributed by atoms with Crippen molar-refractivity contribution in [3.8, 4) is 0 Å². The van der Waals surface area contributed by atoms with Crippen LogP contribution in [0.2, 0.25) is 0 Å². The van der Waals surface area contributed by atoms with Gasteiger partial charge in [-0.3, -0.25) is 19.3 Å². The maximum Gasteiger partial charge on any atom is 0.253 e. The molecule has 1 aromatic carbocycles. The molecule has 0 bridgehead atoms. The van der Waals surface area contributed by atoms with Crippen molar-refractivity contribution in [1.82, 2.24) is 15.5 Å². The van der Waals surface area contributed by atoms with Crippen LogP contribution in [0.15, 0.2) is 24.3 Å². The minimum absolute atomic E-state index is 0.0812. The van der Waals surface area contributed by atoms with Crippen molar-refractivity contribution >= 4 is 23.4 Å². The van der Waals surface area contributed by atoms with E-state index in [0.29, 0.717) is 24.3 Å². The van der Waals surface area contributed by atoms with Crippen LogP contribution in [-0.2, 0) is 9.59 Å². The predicted molar refractivity (Wildman–Crippen MR) is 106 cm³/mol. The van der Waals surface area contributed by atoms with Crippen LogP contribution in [-0.4, -0.2) is 54.8 Å². The minimum atomic E-state index is -0.238. The normalized spacial score (nSPS) is 13.3. The van der Waals surface area contributed by atoms with Crippen molar-refractivity contribution < 1.29 is 14.4 Å². The summed E-state index contributed by atoms with van der Waals surface area (Å²) >= 11 is 0. The largest absolute Gasteiger partial charge is 0.355 e. The minimum Gasteiger partial charge on any atom is -0.355 e. The number of anilines is 1. The van der Waals surface area contributed by atoms with Crippen molar-refractivity contribution in [1.29, 1.82) is 0 Å². The Morgan fingerprint density at radius 3 is 2.41 bits per heavy atom. The van der Waals surface area contributed by atoms with E-state index in [1.807, 2.05) is 18.7 Å². The molecule has 1 aliphatic rings. The number of para-hydroxylation sites is 1. The van der Waals surface area contributed by atoms with E-state index in [1.54, 1.807) is 24.3 Å². The number of hydrogen-bond donors (Lipinski definition) is 3. The molecule has 2 rings (SSSR count). The molecule has 0 unspecified atom stereocenters. The van der Waals surface area contributed by atoms with Gasteiger partial charge in [-0.15, -0.1) is 0 Å². The van der Waals surface area contributed by atoms with Crippen LogP contribution >= 0.6 is 0 Å². The second-order valence-corrected chi connectivity index (χ2v) is 6.90. The van der Waals surface area contributed by atoms with Gasteiger partial charge in [0.1, 0.15) is 0 Å². The molecule has 7 heteroatoms. The third kappa shape index (κ3) is 7.38. The molecule has 0 aromatic heterocycles. The van der Waals surface area contributed by atoms with Crippen molar-refractivity contribution in [3.05, 3.63) is 29.8 Å². The van der Waals surface area contributed by atoms with Gasteiger partial charge in [-0.2, -0.15) is 0 Å². The van der Waals surface area contributed by atoms with Gasteiger partial charge in [0.05, 0.1) is 24.3 Å². The third-order valence-electron chi connectivity index (χ3n) is 4.20. The summed E-state index contributed by atoms with van der Waals surface area (Å²) in [5.74, 6) is -0.488. The fourth-order valence-electron chi connectivity index (χ4n) is 2.73. The number of nitrogens with one attached hydrogen (secondary N) is 3. The lowest BCUT2D eigenvalue weighted by Gasteiger charge is -2.21. The lowest BCUT2D eigenvalue weighted by molar-refractivity contribution is -0.123. The lowest BCUT2D eigenvalue weighted by Crippen LogP contribution is -2.41. The average Bonchev–Trinajstić information content (AvgIpc) is 3.44. The zero-order chi connectivity index (χ0) is 19.6. The highest BCUT2D eigenvalue weighted by molar-refractivity contribution is 6.04. The summed E-state index contributed by atoms with van der Waals surface area (Å²) in [6.07, 6.45) is 3.73. The summed E-state index contributed by atoms with van der Waals surface area (Å²) in [5, 5.41) is 8.58. The first-order chi connectivity index (χ1) is 13.0. The Balaban J connectivity index is 1.94. The standard InChI is InChI=1S/C20H30N4O3/c1-3-11-21-18(25)13-24(12-4-2)14-19(26)23-17-8-6-5-7-16(17)20(27)22-15-9-10-15/h5-8,15H,3-4,9-14H2,1-2H3,(H,21,25)(H,22,27)(H,23,26). The Morgan fingerprint density at radius 1 is 1.04 bits per heavy atom. The zero-order valence-electron chi connectivity index (χ0n) is 16.2. The molecular weight excluding hydrogens is 344 g/mol.